The standard InChI is InChI=1S/C18H38O5Si/c1-15(2)10-21-24(22-11-16(3)4,23-12-17(5)6)9-7-8-19-13-18-14-20-18/h15-18H,7-14H2,1-6H3. The van der Waals surface area contributed by atoms with Gasteiger partial charge in [-0.05, 0) is 24.2 Å². The third-order valence-electron chi connectivity index (χ3n) is 3.39. The smallest absolute Gasteiger partial charge is 0.379 e. The Balaban J connectivity index is 2.53. The third kappa shape index (κ3) is 10.8. The van der Waals surface area contributed by atoms with Gasteiger partial charge in [-0.2, -0.15) is 0 Å². The maximum Gasteiger partial charge on any atom is 0.501 e. The summed E-state index contributed by atoms with van der Waals surface area (Å²) in [6.45, 7) is 17.2. The van der Waals surface area contributed by atoms with Crippen LogP contribution in [0.5, 0.6) is 0 Å². The van der Waals surface area contributed by atoms with Crippen molar-refractivity contribution in [3.8, 4) is 0 Å². The highest BCUT2D eigenvalue weighted by atomic mass is 28.4. The molecule has 0 spiro atoms. The molecule has 24 heavy (non-hydrogen) atoms. The van der Waals surface area contributed by atoms with Crippen LogP contribution in [0.4, 0.5) is 0 Å². The second-order valence-corrected chi connectivity index (χ2v) is 10.7. The van der Waals surface area contributed by atoms with E-state index >= 15 is 0 Å². The third-order valence-corrected chi connectivity index (χ3v) is 6.17. The van der Waals surface area contributed by atoms with Gasteiger partial charge in [-0.25, -0.2) is 0 Å². The molecule has 6 heteroatoms. The summed E-state index contributed by atoms with van der Waals surface area (Å²) < 4.78 is 29.6. The first kappa shape index (κ1) is 22.1. The minimum atomic E-state index is -2.66. The molecule has 144 valence electrons. The van der Waals surface area contributed by atoms with E-state index in [1.807, 2.05) is 0 Å². The molecule has 1 unspecified atom stereocenters. The molecule has 0 saturated carbocycles. The van der Waals surface area contributed by atoms with E-state index in [1.54, 1.807) is 0 Å². The lowest BCUT2D eigenvalue weighted by Gasteiger charge is -2.32. The van der Waals surface area contributed by atoms with Gasteiger partial charge in [0.2, 0.25) is 0 Å². The predicted octanol–water partition coefficient (Wildman–Crippen LogP) is 3.75. The molecule has 0 amide bonds. The minimum absolute atomic E-state index is 0.318. The molecule has 1 rings (SSSR count). The number of rotatable bonds is 15. The maximum atomic E-state index is 6.25. The molecular weight excluding hydrogens is 324 g/mol. The van der Waals surface area contributed by atoms with Crippen LogP contribution in [-0.2, 0) is 22.8 Å². The van der Waals surface area contributed by atoms with Crippen molar-refractivity contribution in [2.45, 2.75) is 60.1 Å². The zero-order valence-electron chi connectivity index (χ0n) is 16.5. The van der Waals surface area contributed by atoms with Crippen LogP contribution in [-0.4, -0.2) is 54.5 Å². The Hall–Kier alpha value is 0.0169. The monoisotopic (exact) mass is 362 g/mol. The molecule has 0 aromatic carbocycles. The van der Waals surface area contributed by atoms with Crippen molar-refractivity contribution in [3.63, 3.8) is 0 Å². The van der Waals surface area contributed by atoms with Crippen molar-refractivity contribution < 1.29 is 22.8 Å². The Kier molecular flexibility index (Phi) is 10.7. The summed E-state index contributed by atoms with van der Waals surface area (Å²) in [4.78, 5) is 0. The molecule has 0 aliphatic carbocycles. The fraction of sp³-hybridized carbons (Fsp3) is 1.00. The van der Waals surface area contributed by atoms with Gasteiger partial charge in [0, 0.05) is 32.5 Å². The number of hydrogen-bond acceptors (Lipinski definition) is 5. The zero-order valence-corrected chi connectivity index (χ0v) is 17.5. The van der Waals surface area contributed by atoms with E-state index in [0.717, 1.165) is 19.1 Å². The summed E-state index contributed by atoms with van der Waals surface area (Å²) in [5.41, 5.74) is 0. The average molecular weight is 363 g/mol. The van der Waals surface area contributed by atoms with E-state index in [-0.39, 0.29) is 0 Å². The van der Waals surface area contributed by atoms with Crippen LogP contribution in [0.2, 0.25) is 6.04 Å². The Morgan fingerprint density at radius 2 is 1.33 bits per heavy atom. The van der Waals surface area contributed by atoms with Gasteiger partial charge in [-0.3, -0.25) is 0 Å². The molecule has 0 bridgehead atoms. The molecule has 0 N–H and O–H groups in total. The second kappa shape index (κ2) is 11.6. The van der Waals surface area contributed by atoms with Gasteiger partial charge in [0.05, 0.1) is 13.2 Å². The molecule has 5 nitrogen and oxygen atoms in total. The molecule has 0 aromatic heterocycles. The van der Waals surface area contributed by atoms with E-state index in [9.17, 15) is 0 Å². The van der Waals surface area contributed by atoms with Crippen LogP contribution >= 0.6 is 0 Å². The Bertz CT molecular complexity index is 287. The zero-order chi connectivity index (χ0) is 18.0. The number of hydrogen-bond donors (Lipinski definition) is 0. The molecule has 0 aromatic rings. The van der Waals surface area contributed by atoms with Gasteiger partial charge < -0.3 is 22.8 Å². The van der Waals surface area contributed by atoms with E-state index in [1.165, 1.54) is 0 Å². The first-order chi connectivity index (χ1) is 11.3. The summed E-state index contributed by atoms with van der Waals surface area (Å²) in [5, 5.41) is 0. The van der Waals surface area contributed by atoms with Crippen LogP contribution < -0.4 is 0 Å². The summed E-state index contributed by atoms with van der Waals surface area (Å²) in [5.74, 6) is 1.39. The topological polar surface area (TPSA) is 49.5 Å². The highest BCUT2D eigenvalue weighted by Gasteiger charge is 2.41. The maximum absolute atomic E-state index is 6.25. The first-order valence-corrected chi connectivity index (χ1v) is 11.4. The Morgan fingerprint density at radius 3 is 1.71 bits per heavy atom. The van der Waals surface area contributed by atoms with Crippen molar-refractivity contribution in [2.75, 3.05) is 39.6 Å². The van der Waals surface area contributed by atoms with Crippen LogP contribution in [0.25, 0.3) is 0 Å². The molecule has 1 atom stereocenters. The summed E-state index contributed by atoms with van der Waals surface area (Å²) in [6, 6.07) is 0.810. The van der Waals surface area contributed by atoms with Gasteiger partial charge in [-0.15, -0.1) is 0 Å². The quantitative estimate of drug-likeness (QED) is 0.252. The fourth-order valence-corrected chi connectivity index (χ4v) is 5.01. The highest BCUT2D eigenvalue weighted by molar-refractivity contribution is 6.60. The van der Waals surface area contributed by atoms with Crippen LogP contribution in [0.15, 0.2) is 0 Å². The summed E-state index contributed by atoms with van der Waals surface area (Å²) in [6.07, 6.45) is 1.21. The molecule has 1 saturated heterocycles. The average Bonchev–Trinajstić information content (AvgIpc) is 3.32. The lowest BCUT2D eigenvalue weighted by atomic mass is 10.2. The lowest BCUT2D eigenvalue weighted by Crippen LogP contribution is -2.48. The van der Waals surface area contributed by atoms with E-state index < -0.39 is 8.80 Å². The summed E-state index contributed by atoms with van der Waals surface area (Å²) in [7, 11) is -2.66. The second-order valence-electron chi connectivity index (χ2n) is 7.93. The minimum Gasteiger partial charge on any atom is -0.379 e. The molecule has 1 aliphatic heterocycles. The SMILES string of the molecule is CC(C)CO[Si](CCCOCC1CO1)(OCC(C)C)OCC(C)C. The molecule has 1 aliphatic rings. The van der Waals surface area contributed by atoms with Crippen molar-refractivity contribution in [2.24, 2.45) is 17.8 Å². The molecule has 1 heterocycles. The van der Waals surface area contributed by atoms with Crippen LogP contribution in [0.1, 0.15) is 48.0 Å². The van der Waals surface area contributed by atoms with Gasteiger partial charge in [-0.1, -0.05) is 41.5 Å². The summed E-state index contributed by atoms with van der Waals surface area (Å²) >= 11 is 0. The Labute approximate surface area is 149 Å². The van der Waals surface area contributed by atoms with Gasteiger partial charge in [0.1, 0.15) is 6.10 Å². The molecule has 0 radical (unpaired) electrons. The van der Waals surface area contributed by atoms with E-state index in [0.29, 0.717) is 56.9 Å². The van der Waals surface area contributed by atoms with Crippen molar-refractivity contribution in [3.05, 3.63) is 0 Å². The van der Waals surface area contributed by atoms with Crippen LogP contribution in [0, 0.1) is 17.8 Å². The molecule has 1 fully saturated rings. The Morgan fingerprint density at radius 1 is 0.875 bits per heavy atom. The molecular formula is C18H38O5Si. The fourth-order valence-electron chi connectivity index (χ4n) is 1.99. The lowest BCUT2D eigenvalue weighted by molar-refractivity contribution is 0.0334. The predicted molar refractivity (Wildman–Crippen MR) is 98.1 cm³/mol. The van der Waals surface area contributed by atoms with Crippen molar-refractivity contribution in [1.82, 2.24) is 0 Å². The normalized spacial score (nSPS) is 18.1. The number of ether oxygens (including phenoxy) is 2. The first-order valence-electron chi connectivity index (χ1n) is 9.44. The largest absolute Gasteiger partial charge is 0.501 e. The van der Waals surface area contributed by atoms with Gasteiger partial charge >= 0.3 is 8.80 Å². The highest BCUT2D eigenvalue weighted by Crippen LogP contribution is 2.22. The van der Waals surface area contributed by atoms with Gasteiger partial charge in [0.25, 0.3) is 0 Å². The van der Waals surface area contributed by atoms with E-state index in [4.69, 9.17) is 22.8 Å². The van der Waals surface area contributed by atoms with E-state index in [2.05, 4.69) is 41.5 Å². The van der Waals surface area contributed by atoms with Crippen LogP contribution in [0.3, 0.4) is 0 Å². The van der Waals surface area contributed by atoms with Gasteiger partial charge in [0.15, 0.2) is 0 Å². The number of epoxide rings is 1. The van der Waals surface area contributed by atoms with Crippen molar-refractivity contribution >= 4 is 8.80 Å². The van der Waals surface area contributed by atoms with Crippen molar-refractivity contribution in [1.29, 1.82) is 0 Å².